The molecule has 0 radical (unpaired) electrons. The van der Waals surface area contributed by atoms with Crippen LogP contribution in [0.3, 0.4) is 0 Å². The van der Waals surface area contributed by atoms with Gasteiger partial charge in [0, 0.05) is 17.9 Å². The van der Waals surface area contributed by atoms with Crippen molar-refractivity contribution in [3.8, 4) is 0 Å². The molecule has 5 rings (SSSR count). The topological polar surface area (TPSA) is 12.0 Å². The summed E-state index contributed by atoms with van der Waals surface area (Å²) in [5, 5.41) is 3.52. The highest BCUT2D eigenvalue weighted by Gasteiger charge is 2.42. The molecule has 1 heteroatoms. The van der Waals surface area contributed by atoms with Gasteiger partial charge in [-0.3, -0.25) is 0 Å². The molecule has 1 nitrogen and oxygen atoms in total. The van der Waals surface area contributed by atoms with Gasteiger partial charge < -0.3 is 5.32 Å². The summed E-state index contributed by atoms with van der Waals surface area (Å²) in [6.45, 7) is 0. The predicted molar refractivity (Wildman–Crippen MR) is 74.0 cm³/mol. The minimum atomic E-state index is 0.535. The molecule has 0 heterocycles. The van der Waals surface area contributed by atoms with Gasteiger partial charge in [0.1, 0.15) is 0 Å². The Morgan fingerprint density at radius 1 is 0.833 bits per heavy atom. The molecule has 3 aliphatic carbocycles. The van der Waals surface area contributed by atoms with E-state index in [4.69, 9.17) is 0 Å². The lowest BCUT2D eigenvalue weighted by Crippen LogP contribution is -2.42. The van der Waals surface area contributed by atoms with Gasteiger partial charge in [0.15, 0.2) is 0 Å². The van der Waals surface area contributed by atoms with Crippen molar-refractivity contribution in [2.45, 2.75) is 24.3 Å². The smallest absolute Gasteiger partial charge is 0.0249 e. The second-order valence-corrected chi connectivity index (χ2v) is 5.42. The minimum absolute atomic E-state index is 0.535. The normalized spacial score (nSPS) is 27.7. The Morgan fingerprint density at radius 2 is 1.33 bits per heavy atom. The molecule has 2 aromatic rings. The van der Waals surface area contributed by atoms with Crippen LogP contribution in [-0.4, -0.2) is 13.1 Å². The fraction of sp³-hybridized carbons (Fsp3) is 0.294. The number of rotatable bonds is 1. The Balaban J connectivity index is 2.00. The monoisotopic (exact) mass is 235 g/mol. The highest BCUT2D eigenvalue weighted by atomic mass is 14.9. The van der Waals surface area contributed by atoms with Gasteiger partial charge in [-0.1, -0.05) is 48.5 Å². The van der Waals surface area contributed by atoms with Crippen molar-refractivity contribution >= 4 is 0 Å². The summed E-state index contributed by atoms with van der Waals surface area (Å²) in [7, 11) is 2.09. The zero-order valence-electron chi connectivity index (χ0n) is 10.6. The third-order valence-electron chi connectivity index (χ3n) is 4.68. The third kappa shape index (κ3) is 1.20. The average molecular weight is 235 g/mol. The Bertz CT molecular complexity index is 555. The van der Waals surface area contributed by atoms with Crippen LogP contribution in [0.2, 0.25) is 0 Å². The quantitative estimate of drug-likeness (QED) is 0.800. The molecule has 2 aromatic carbocycles. The molecule has 1 unspecified atom stereocenters. The zero-order chi connectivity index (χ0) is 12.1. The average Bonchev–Trinajstić information content (AvgIpc) is 2.47. The van der Waals surface area contributed by atoms with Gasteiger partial charge in [-0.15, -0.1) is 0 Å². The Hall–Kier alpha value is -1.60. The molecule has 1 N–H and O–H groups in total. The first kappa shape index (κ1) is 10.3. The van der Waals surface area contributed by atoms with Gasteiger partial charge in [-0.25, -0.2) is 0 Å². The summed E-state index contributed by atoms with van der Waals surface area (Å²) in [5.74, 6) is 1.12. The van der Waals surface area contributed by atoms with Crippen LogP contribution in [0.15, 0.2) is 48.5 Å². The van der Waals surface area contributed by atoms with E-state index in [-0.39, 0.29) is 0 Å². The molecule has 18 heavy (non-hydrogen) atoms. The summed E-state index contributed by atoms with van der Waals surface area (Å²) in [4.78, 5) is 0. The van der Waals surface area contributed by atoms with Crippen LogP contribution >= 0.6 is 0 Å². The van der Waals surface area contributed by atoms with Gasteiger partial charge in [-0.05, 0) is 35.7 Å². The van der Waals surface area contributed by atoms with Gasteiger partial charge in [0.05, 0.1) is 0 Å². The van der Waals surface area contributed by atoms with E-state index in [1.807, 2.05) is 0 Å². The molecule has 90 valence electrons. The fourth-order valence-electron chi connectivity index (χ4n) is 3.92. The first-order valence-corrected chi connectivity index (χ1v) is 6.75. The van der Waals surface area contributed by atoms with Crippen LogP contribution in [0.5, 0.6) is 0 Å². The molecule has 0 spiro atoms. The van der Waals surface area contributed by atoms with E-state index in [0.29, 0.717) is 17.9 Å². The van der Waals surface area contributed by atoms with E-state index in [0.717, 1.165) is 0 Å². The number of likely N-dealkylation sites (N-methyl/N-ethyl adjacent to an activating group) is 1. The maximum atomic E-state index is 3.52. The molecular weight excluding hydrogens is 218 g/mol. The Kier molecular flexibility index (Phi) is 2.12. The predicted octanol–water partition coefficient (Wildman–Crippen LogP) is 3.26. The number of benzene rings is 2. The van der Waals surface area contributed by atoms with Crippen LogP contribution in [0, 0.1) is 0 Å². The van der Waals surface area contributed by atoms with Crippen LogP contribution in [0.4, 0.5) is 0 Å². The van der Waals surface area contributed by atoms with Crippen molar-refractivity contribution in [3.63, 3.8) is 0 Å². The molecular formula is C17H17N. The first-order valence-electron chi connectivity index (χ1n) is 6.75. The molecule has 1 atom stereocenters. The number of hydrogen-bond donors (Lipinski definition) is 1. The number of fused-ring (bicyclic) bond motifs is 1. The van der Waals surface area contributed by atoms with Gasteiger partial charge in [0.2, 0.25) is 0 Å². The second-order valence-electron chi connectivity index (χ2n) is 5.42. The molecule has 0 fully saturated rings. The molecule has 0 amide bonds. The van der Waals surface area contributed by atoms with Crippen molar-refractivity contribution < 1.29 is 0 Å². The number of hydrogen-bond acceptors (Lipinski definition) is 1. The summed E-state index contributed by atoms with van der Waals surface area (Å²) < 4.78 is 0. The zero-order valence-corrected chi connectivity index (χ0v) is 10.6. The Morgan fingerprint density at radius 3 is 1.83 bits per heavy atom. The van der Waals surface area contributed by atoms with E-state index in [9.17, 15) is 0 Å². The van der Waals surface area contributed by atoms with Crippen molar-refractivity contribution in [1.29, 1.82) is 0 Å². The lowest BCUT2D eigenvalue weighted by atomic mass is 9.61. The first-order chi connectivity index (χ1) is 8.90. The number of nitrogens with one attached hydrogen (secondary N) is 1. The standard InChI is InChI=1S/C17H17N/c1-18-16-10-15-11-6-2-4-8-13(11)17(16)14-9-5-3-7-12(14)15/h2-9,15-18H,10H2,1H3. The molecule has 0 aliphatic heterocycles. The van der Waals surface area contributed by atoms with Crippen LogP contribution in [-0.2, 0) is 0 Å². The summed E-state index contributed by atoms with van der Waals surface area (Å²) in [6, 6.07) is 18.5. The van der Waals surface area contributed by atoms with E-state index >= 15 is 0 Å². The Labute approximate surface area is 108 Å². The maximum absolute atomic E-state index is 3.52. The third-order valence-corrected chi connectivity index (χ3v) is 4.68. The molecule has 2 bridgehead atoms. The molecule has 0 saturated heterocycles. The van der Waals surface area contributed by atoms with Crippen molar-refractivity contribution in [2.75, 3.05) is 7.05 Å². The van der Waals surface area contributed by atoms with Crippen molar-refractivity contribution in [2.24, 2.45) is 0 Å². The van der Waals surface area contributed by atoms with Crippen LogP contribution in [0.1, 0.15) is 40.5 Å². The largest absolute Gasteiger partial charge is 0.316 e. The van der Waals surface area contributed by atoms with Crippen LogP contribution in [0.25, 0.3) is 0 Å². The molecule has 3 aliphatic rings. The highest BCUT2D eigenvalue weighted by Crippen LogP contribution is 2.52. The lowest BCUT2D eigenvalue weighted by molar-refractivity contribution is 0.395. The fourth-order valence-corrected chi connectivity index (χ4v) is 3.92. The molecule has 0 saturated carbocycles. The minimum Gasteiger partial charge on any atom is -0.316 e. The van der Waals surface area contributed by atoms with Gasteiger partial charge in [-0.2, -0.15) is 0 Å². The van der Waals surface area contributed by atoms with Crippen molar-refractivity contribution in [1.82, 2.24) is 5.32 Å². The van der Waals surface area contributed by atoms with Crippen LogP contribution < -0.4 is 5.32 Å². The molecule has 0 aromatic heterocycles. The maximum Gasteiger partial charge on any atom is 0.0249 e. The van der Waals surface area contributed by atoms with E-state index in [2.05, 4.69) is 60.9 Å². The van der Waals surface area contributed by atoms with Gasteiger partial charge >= 0.3 is 0 Å². The SMILES string of the molecule is CNC1CC2c3ccccc3C1c1ccccc12. The van der Waals surface area contributed by atoms with Gasteiger partial charge in [0.25, 0.3) is 0 Å². The summed E-state index contributed by atoms with van der Waals surface area (Å²) in [5.41, 5.74) is 6.17. The second kappa shape index (κ2) is 3.69. The van der Waals surface area contributed by atoms with E-state index < -0.39 is 0 Å². The summed E-state index contributed by atoms with van der Waals surface area (Å²) in [6.07, 6.45) is 1.23. The lowest BCUT2D eigenvalue weighted by Gasteiger charge is -2.45. The highest BCUT2D eigenvalue weighted by molar-refractivity contribution is 5.56. The van der Waals surface area contributed by atoms with E-state index in [1.54, 1.807) is 11.1 Å². The van der Waals surface area contributed by atoms with Crippen molar-refractivity contribution in [3.05, 3.63) is 70.8 Å². The van der Waals surface area contributed by atoms with E-state index in [1.165, 1.54) is 17.5 Å². The summed E-state index contributed by atoms with van der Waals surface area (Å²) >= 11 is 0.